The molecule has 0 unspecified atom stereocenters. The summed E-state index contributed by atoms with van der Waals surface area (Å²) in [7, 11) is -3.70. The van der Waals surface area contributed by atoms with Crippen molar-refractivity contribution in [1.29, 1.82) is 0 Å². The van der Waals surface area contributed by atoms with Crippen LogP contribution in [0.4, 0.5) is 5.69 Å². The highest BCUT2D eigenvalue weighted by atomic mass is 79.9. The van der Waals surface area contributed by atoms with Crippen molar-refractivity contribution in [1.82, 2.24) is 4.31 Å². The number of sulfonamides is 1. The van der Waals surface area contributed by atoms with Gasteiger partial charge in [-0.2, -0.15) is 4.31 Å². The van der Waals surface area contributed by atoms with Crippen molar-refractivity contribution in [2.24, 2.45) is 5.92 Å². The molecule has 0 spiro atoms. The second kappa shape index (κ2) is 8.77. The minimum atomic E-state index is -3.70. The van der Waals surface area contributed by atoms with Crippen LogP contribution in [0, 0.1) is 12.8 Å². The Morgan fingerprint density at radius 3 is 2.41 bits per heavy atom. The Balaban J connectivity index is 1.65. The van der Waals surface area contributed by atoms with E-state index >= 15 is 0 Å². The monoisotopic (exact) mass is 478 g/mol. The first kappa shape index (κ1) is 21.7. The van der Waals surface area contributed by atoms with Crippen LogP contribution >= 0.6 is 15.9 Å². The van der Waals surface area contributed by atoms with E-state index in [1.54, 1.807) is 12.1 Å². The molecule has 6 nitrogen and oxygen atoms in total. The zero-order valence-corrected chi connectivity index (χ0v) is 18.7. The highest BCUT2D eigenvalue weighted by Crippen LogP contribution is 2.28. The summed E-state index contributed by atoms with van der Waals surface area (Å²) in [6.07, 6.45) is 0.891. The number of nitrogens with one attached hydrogen (secondary N) is 1. The Labute approximate surface area is 179 Å². The van der Waals surface area contributed by atoms with Crippen LogP contribution in [0.2, 0.25) is 0 Å². The van der Waals surface area contributed by atoms with Gasteiger partial charge >= 0.3 is 0 Å². The van der Waals surface area contributed by atoms with Gasteiger partial charge in [0.25, 0.3) is 0 Å². The van der Waals surface area contributed by atoms with Crippen molar-refractivity contribution >= 4 is 43.3 Å². The van der Waals surface area contributed by atoms with Crippen molar-refractivity contribution < 1.29 is 18.0 Å². The normalized spacial score (nSPS) is 15.8. The van der Waals surface area contributed by atoms with Gasteiger partial charge in [-0.15, -0.1) is 0 Å². The van der Waals surface area contributed by atoms with Gasteiger partial charge in [0.1, 0.15) is 0 Å². The van der Waals surface area contributed by atoms with Crippen LogP contribution < -0.4 is 5.32 Å². The molecule has 0 bridgehead atoms. The van der Waals surface area contributed by atoms with Gasteiger partial charge in [-0.25, -0.2) is 8.42 Å². The fourth-order valence-corrected chi connectivity index (χ4v) is 5.45. The molecule has 154 valence electrons. The molecule has 0 saturated carbocycles. The number of hydrogen-bond donors (Lipinski definition) is 1. The predicted octanol–water partition coefficient (Wildman–Crippen LogP) is 4.00. The minimum absolute atomic E-state index is 0.106. The second-order valence-corrected chi connectivity index (χ2v) is 10.0. The summed E-state index contributed by atoms with van der Waals surface area (Å²) in [5.74, 6) is -0.539. The number of benzene rings is 2. The fourth-order valence-electron chi connectivity index (χ4n) is 3.34. The average molecular weight is 479 g/mol. The van der Waals surface area contributed by atoms with E-state index < -0.39 is 10.0 Å². The van der Waals surface area contributed by atoms with E-state index in [4.69, 9.17) is 0 Å². The summed E-state index contributed by atoms with van der Waals surface area (Å²) >= 11 is 3.45. The second-order valence-electron chi connectivity index (χ2n) is 7.23. The molecule has 8 heteroatoms. The van der Waals surface area contributed by atoms with Gasteiger partial charge in [-0.1, -0.05) is 18.2 Å². The number of piperidine rings is 1. The van der Waals surface area contributed by atoms with Crippen LogP contribution in [0.15, 0.2) is 51.8 Å². The highest BCUT2D eigenvalue weighted by molar-refractivity contribution is 9.10. The lowest BCUT2D eigenvalue weighted by Gasteiger charge is -2.30. The molecule has 0 radical (unpaired) electrons. The molecular weight excluding hydrogens is 456 g/mol. The number of carbonyl (C=O) groups is 2. The number of nitrogens with zero attached hydrogens (tertiary/aromatic N) is 1. The van der Waals surface area contributed by atoms with Crippen molar-refractivity contribution in [3.8, 4) is 0 Å². The van der Waals surface area contributed by atoms with E-state index in [2.05, 4.69) is 21.2 Å². The maximum Gasteiger partial charge on any atom is 0.243 e. The van der Waals surface area contributed by atoms with Crippen molar-refractivity contribution in [3.05, 3.63) is 58.1 Å². The summed E-state index contributed by atoms with van der Waals surface area (Å²) in [4.78, 5) is 24.3. The molecule has 1 aliphatic rings. The lowest BCUT2D eigenvalue weighted by molar-refractivity contribution is -0.120. The zero-order valence-electron chi connectivity index (χ0n) is 16.3. The highest BCUT2D eigenvalue weighted by Gasteiger charge is 2.32. The third-order valence-corrected chi connectivity index (χ3v) is 7.64. The van der Waals surface area contributed by atoms with Crippen LogP contribution in [0.1, 0.15) is 35.7 Å². The Morgan fingerprint density at radius 2 is 1.79 bits per heavy atom. The summed E-state index contributed by atoms with van der Waals surface area (Å²) in [6.45, 7) is 3.90. The van der Waals surface area contributed by atoms with Gasteiger partial charge in [0, 0.05) is 29.0 Å². The van der Waals surface area contributed by atoms with Gasteiger partial charge in [-0.05, 0) is 72.4 Å². The number of ketones is 1. The van der Waals surface area contributed by atoms with E-state index in [1.807, 2.05) is 25.1 Å². The number of carbonyl (C=O) groups excluding carboxylic acids is 2. The molecule has 0 aliphatic carbocycles. The quantitative estimate of drug-likeness (QED) is 0.658. The summed E-state index contributed by atoms with van der Waals surface area (Å²) < 4.78 is 28.0. The molecule has 2 aromatic rings. The molecule has 2 aromatic carbocycles. The number of amides is 1. The summed E-state index contributed by atoms with van der Waals surface area (Å²) in [5.41, 5.74) is 2.16. The molecule has 1 amide bonds. The molecule has 1 heterocycles. The third kappa shape index (κ3) is 4.94. The predicted molar refractivity (Wildman–Crippen MR) is 115 cm³/mol. The largest absolute Gasteiger partial charge is 0.325 e. The number of Topliss-reactive ketones (excluding diaryl/α,β-unsaturated/α-hetero) is 1. The van der Waals surface area contributed by atoms with E-state index in [9.17, 15) is 18.0 Å². The first-order valence-corrected chi connectivity index (χ1v) is 11.6. The molecule has 3 rings (SSSR count). The number of rotatable bonds is 5. The van der Waals surface area contributed by atoms with Crippen molar-refractivity contribution in [3.63, 3.8) is 0 Å². The van der Waals surface area contributed by atoms with Crippen LogP contribution in [0.3, 0.4) is 0 Å². The molecule has 1 fully saturated rings. The van der Waals surface area contributed by atoms with E-state index in [-0.39, 0.29) is 35.6 Å². The number of halogens is 1. The van der Waals surface area contributed by atoms with Crippen LogP contribution in [-0.2, 0) is 14.8 Å². The number of hydrogen-bond acceptors (Lipinski definition) is 4. The van der Waals surface area contributed by atoms with Crippen LogP contribution in [-0.4, -0.2) is 37.5 Å². The maximum atomic E-state index is 12.9. The zero-order chi connectivity index (χ0) is 21.2. The standard InChI is InChI=1S/C21H23BrN2O4S/c1-14-6-7-20(19(22)12-14)23-21(26)16-8-10-24(11-9-16)29(27,28)18-5-3-4-17(13-18)15(2)25/h3-7,12-13,16H,8-11H2,1-2H3,(H,23,26). The molecule has 0 atom stereocenters. The maximum absolute atomic E-state index is 12.9. The number of aryl methyl sites for hydroxylation is 1. The van der Waals surface area contributed by atoms with E-state index in [0.29, 0.717) is 24.1 Å². The van der Waals surface area contributed by atoms with Crippen LogP contribution in [0.25, 0.3) is 0 Å². The van der Waals surface area contributed by atoms with Crippen LogP contribution in [0.5, 0.6) is 0 Å². The summed E-state index contributed by atoms with van der Waals surface area (Å²) in [5, 5.41) is 2.92. The van der Waals surface area contributed by atoms with Crippen molar-refractivity contribution in [2.45, 2.75) is 31.6 Å². The van der Waals surface area contributed by atoms with E-state index in [1.165, 1.54) is 23.4 Å². The Bertz CT molecular complexity index is 1040. The Kier molecular flexibility index (Phi) is 6.55. The Morgan fingerprint density at radius 1 is 1.10 bits per heavy atom. The van der Waals surface area contributed by atoms with Gasteiger partial charge in [0.2, 0.25) is 15.9 Å². The first-order valence-electron chi connectivity index (χ1n) is 9.36. The molecule has 0 aromatic heterocycles. The minimum Gasteiger partial charge on any atom is -0.325 e. The van der Waals surface area contributed by atoms with Gasteiger partial charge < -0.3 is 5.32 Å². The molecular formula is C21H23BrN2O4S. The summed E-state index contributed by atoms with van der Waals surface area (Å²) in [6, 6.07) is 11.8. The van der Waals surface area contributed by atoms with E-state index in [0.717, 1.165) is 10.0 Å². The molecule has 1 N–H and O–H groups in total. The molecule has 1 aliphatic heterocycles. The fraction of sp³-hybridized carbons (Fsp3) is 0.333. The van der Waals surface area contributed by atoms with Gasteiger partial charge in [0.15, 0.2) is 5.78 Å². The lowest BCUT2D eigenvalue weighted by Crippen LogP contribution is -2.41. The molecule has 29 heavy (non-hydrogen) atoms. The van der Waals surface area contributed by atoms with Gasteiger partial charge in [-0.3, -0.25) is 9.59 Å². The SMILES string of the molecule is CC(=O)c1cccc(S(=O)(=O)N2CCC(C(=O)Nc3ccc(C)cc3Br)CC2)c1. The average Bonchev–Trinajstić information content (AvgIpc) is 2.70. The number of anilines is 1. The third-order valence-electron chi connectivity index (χ3n) is 5.09. The lowest BCUT2D eigenvalue weighted by atomic mass is 9.97. The van der Waals surface area contributed by atoms with Crippen molar-refractivity contribution in [2.75, 3.05) is 18.4 Å². The first-order chi connectivity index (χ1) is 13.7. The Hall–Kier alpha value is -2.03. The topological polar surface area (TPSA) is 83.6 Å². The smallest absolute Gasteiger partial charge is 0.243 e. The van der Waals surface area contributed by atoms with Gasteiger partial charge in [0.05, 0.1) is 10.6 Å². The molecule has 1 saturated heterocycles.